The van der Waals surface area contributed by atoms with Gasteiger partial charge in [-0.2, -0.15) is 5.10 Å². The number of nitrogens with zero attached hydrogens (tertiary/aromatic N) is 3. The zero-order valence-corrected chi connectivity index (χ0v) is 14.6. The lowest BCUT2D eigenvalue weighted by atomic mass is 9.96. The maximum absolute atomic E-state index is 12.3. The molecule has 2 N–H and O–H groups in total. The number of carbonyl (C=O) groups is 3. The van der Waals surface area contributed by atoms with Gasteiger partial charge in [0.2, 0.25) is 11.8 Å². The molecule has 8 nitrogen and oxygen atoms in total. The third-order valence-electron chi connectivity index (χ3n) is 4.97. The summed E-state index contributed by atoms with van der Waals surface area (Å²) < 4.78 is 0. The monoisotopic (exact) mass is 347 g/mol. The molecular formula is C17H25N5O3. The first kappa shape index (κ1) is 17.4. The fraction of sp³-hybridized carbons (Fsp3) is 0.647. The number of aryl methyl sites for hydroxylation is 1. The topological polar surface area (TPSA) is 98.4 Å². The summed E-state index contributed by atoms with van der Waals surface area (Å²) in [6, 6.07) is 0. The Morgan fingerprint density at radius 2 is 1.76 bits per heavy atom. The number of fused-ring (bicyclic) bond motifs is 1. The van der Waals surface area contributed by atoms with Crippen LogP contribution in [0.4, 0.5) is 0 Å². The highest BCUT2D eigenvalue weighted by Crippen LogP contribution is 2.21. The highest BCUT2D eigenvalue weighted by Gasteiger charge is 2.23. The third kappa shape index (κ3) is 4.00. The molecule has 8 heteroatoms. The number of rotatable bonds is 4. The summed E-state index contributed by atoms with van der Waals surface area (Å²) >= 11 is 0. The number of aromatic amines is 1. The Kier molecular flexibility index (Phi) is 5.35. The quantitative estimate of drug-likeness (QED) is 0.807. The largest absolute Gasteiger partial charge is 0.350 e. The Bertz CT molecular complexity index is 661. The van der Waals surface area contributed by atoms with Crippen LogP contribution in [-0.2, 0) is 22.4 Å². The van der Waals surface area contributed by atoms with Gasteiger partial charge in [-0.1, -0.05) is 0 Å². The summed E-state index contributed by atoms with van der Waals surface area (Å²) in [5.74, 6) is -0.164. The fourth-order valence-corrected chi connectivity index (χ4v) is 3.46. The molecule has 25 heavy (non-hydrogen) atoms. The van der Waals surface area contributed by atoms with Crippen LogP contribution in [0, 0.1) is 0 Å². The average molecular weight is 347 g/mol. The van der Waals surface area contributed by atoms with E-state index in [2.05, 4.69) is 15.5 Å². The van der Waals surface area contributed by atoms with Crippen LogP contribution in [0.3, 0.4) is 0 Å². The van der Waals surface area contributed by atoms with Crippen molar-refractivity contribution in [3.63, 3.8) is 0 Å². The maximum atomic E-state index is 12.3. The van der Waals surface area contributed by atoms with E-state index in [1.54, 1.807) is 16.7 Å². The molecule has 0 aromatic carbocycles. The first-order valence-electron chi connectivity index (χ1n) is 8.94. The third-order valence-corrected chi connectivity index (χ3v) is 4.97. The van der Waals surface area contributed by atoms with Crippen LogP contribution in [0.15, 0.2) is 0 Å². The number of hydrogen-bond donors (Lipinski definition) is 2. The second-order valence-corrected chi connectivity index (χ2v) is 6.63. The molecule has 0 spiro atoms. The van der Waals surface area contributed by atoms with Gasteiger partial charge in [0.05, 0.1) is 0 Å². The van der Waals surface area contributed by atoms with Crippen molar-refractivity contribution in [1.29, 1.82) is 0 Å². The minimum Gasteiger partial charge on any atom is -0.350 e. The first-order chi connectivity index (χ1) is 12.1. The predicted octanol–water partition coefficient (Wildman–Crippen LogP) is 0.0991. The number of H-pyrrole nitrogens is 1. The second kappa shape index (κ2) is 7.67. The van der Waals surface area contributed by atoms with E-state index in [9.17, 15) is 14.4 Å². The molecule has 2 heterocycles. The molecule has 1 saturated heterocycles. The highest BCUT2D eigenvalue weighted by atomic mass is 16.2. The Morgan fingerprint density at radius 1 is 1.08 bits per heavy atom. The lowest BCUT2D eigenvalue weighted by Gasteiger charge is -2.34. The molecule has 1 aromatic rings. The van der Waals surface area contributed by atoms with E-state index in [0.29, 0.717) is 38.4 Å². The van der Waals surface area contributed by atoms with Crippen molar-refractivity contribution in [2.75, 3.05) is 32.7 Å². The number of amides is 3. The van der Waals surface area contributed by atoms with Crippen molar-refractivity contribution in [2.24, 2.45) is 0 Å². The van der Waals surface area contributed by atoms with Crippen LogP contribution in [0.2, 0.25) is 0 Å². The van der Waals surface area contributed by atoms with E-state index in [1.165, 1.54) is 0 Å². The number of aromatic nitrogens is 2. The highest BCUT2D eigenvalue weighted by molar-refractivity contribution is 5.94. The SMILES string of the molecule is CC(=O)N1CCN(C(=O)CCNC(=O)c2n[nH]c3c2CCCC3)CC1. The van der Waals surface area contributed by atoms with Crippen LogP contribution in [0.1, 0.15) is 47.9 Å². The molecule has 0 atom stereocenters. The van der Waals surface area contributed by atoms with Crippen LogP contribution in [-0.4, -0.2) is 70.4 Å². The molecule has 1 aliphatic heterocycles. The smallest absolute Gasteiger partial charge is 0.272 e. The second-order valence-electron chi connectivity index (χ2n) is 6.63. The van der Waals surface area contributed by atoms with Gasteiger partial charge in [0.25, 0.3) is 5.91 Å². The van der Waals surface area contributed by atoms with E-state index in [-0.39, 0.29) is 24.1 Å². The van der Waals surface area contributed by atoms with Crippen molar-refractivity contribution < 1.29 is 14.4 Å². The van der Waals surface area contributed by atoms with Crippen molar-refractivity contribution in [3.8, 4) is 0 Å². The molecule has 0 radical (unpaired) electrons. The summed E-state index contributed by atoms with van der Waals surface area (Å²) in [5, 5.41) is 9.89. The molecule has 1 aromatic heterocycles. The maximum Gasteiger partial charge on any atom is 0.272 e. The number of carbonyl (C=O) groups excluding carboxylic acids is 3. The molecule has 0 bridgehead atoms. The molecule has 1 aliphatic carbocycles. The van der Waals surface area contributed by atoms with Crippen LogP contribution in [0.5, 0.6) is 0 Å². The molecule has 0 saturated carbocycles. The molecule has 3 rings (SSSR count). The Morgan fingerprint density at radius 3 is 2.48 bits per heavy atom. The van der Waals surface area contributed by atoms with Gasteiger partial charge in [-0.15, -0.1) is 0 Å². The number of piperazine rings is 1. The minimum absolute atomic E-state index is 0.00700. The van der Waals surface area contributed by atoms with Gasteiger partial charge in [-0.05, 0) is 25.7 Å². The van der Waals surface area contributed by atoms with E-state index in [1.807, 2.05) is 0 Å². The number of nitrogens with one attached hydrogen (secondary N) is 2. The Labute approximate surface area is 146 Å². The van der Waals surface area contributed by atoms with Crippen LogP contribution >= 0.6 is 0 Å². The molecule has 3 amide bonds. The van der Waals surface area contributed by atoms with Crippen molar-refractivity contribution in [1.82, 2.24) is 25.3 Å². The van der Waals surface area contributed by atoms with E-state index < -0.39 is 0 Å². The lowest BCUT2D eigenvalue weighted by Crippen LogP contribution is -2.50. The lowest BCUT2D eigenvalue weighted by molar-refractivity contribution is -0.138. The minimum atomic E-state index is -0.214. The van der Waals surface area contributed by atoms with E-state index in [0.717, 1.165) is 36.9 Å². The van der Waals surface area contributed by atoms with Crippen molar-refractivity contribution >= 4 is 17.7 Å². The summed E-state index contributed by atoms with van der Waals surface area (Å²) in [7, 11) is 0. The molecular weight excluding hydrogens is 322 g/mol. The fourth-order valence-electron chi connectivity index (χ4n) is 3.46. The molecule has 0 unspecified atom stereocenters. The van der Waals surface area contributed by atoms with Gasteiger partial charge in [-0.3, -0.25) is 19.5 Å². The zero-order chi connectivity index (χ0) is 17.8. The predicted molar refractivity (Wildman–Crippen MR) is 91.0 cm³/mol. The Hall–Kier alpha value is -2.38. The van der Waals surface area contributed by atoms with Crippen molar-refractivity contribution in [2.45, 2.75) is 39.0 Å². The average Bonchev–Trinajstić information content (AvgIpc) is 3.05. The van der Waals surface area contributed by atoms with Gasteiger partial charge in [0.1, 0.15) is 0 Å². The Balaban J connectivity index is 1.43. The van der Waals surface area contributed by atoms with Crippen molar-refractivity contribution in [3.05, 3.63) is 17.0 Å². The number of hydrogen-bond acceptors (Lipinski definition) is 4. The zero-order valence-electron chi connectivity index (χ0n) is 14.6. The van der Waals surface area contributed by atoms with Crippen LogP contribution in [0.25, 0.3) is 0 Å². The van der Waals surface area contributed by atoms with Gasteiger partial charge in [-0.25, -0.2) is 0 Å². The summed E-state index contributed by atoms with van der Waals surface area (Å²) in [6.07, 6.45) is 4.30. The van der Waals surface area contributed by atoms with E-state index >= 15 is 0 Å². The van der Waals surface area contributed by atoms with Gasteiger partial charge < -0.3 is 15.1 Å². The normalized spacial score (nSPS) is 17.2. The first-order valence-corrected chi connectivity index (χ1v) is 8.94. The molecule has 2 aliphatic rings. The summed E-state index contributed by atoms with van der Waals surface area (Å²) in [5.41, 5.74) is 2.56. The molecule has 1 fully saturated rings. The summed E-state index contributed by atoms with van der Waals surface area (Å²) in [6.45, 7) is 4.10. The van der Waals surface area contributed by atoms with Gasteiger partial charge >= 0.3 is 0 Å². The van der Waals surface area contributed by atoms with Gasteiger partial charge in [0, 0.05) is 57.3 Å². The van der Waals surface area contributed by atoms with Gasteiger partial charge in [0.15, 0.2) is 5.69 Å². The standard InChI is InChI=1S/C17H25N5O3/c1-12(23)21-8-10-22(11-9-21)15(24)6-7-18-17(25)16-13-4-2-3-5-14(13)19-20-16/h2-11H2,1H3,(H,18,25)(H,19,20). The van der Waals surface area contributed by atoms with E-state index in [4.69, 9.17) is 0 Å². The summed E-state index contributed by atoms with van der Waals surface area (Å²) in [4.78, 5) is 39.3. The molecule has 136 valence electrons. The van der Waals surface area contributed by atoms with Crippen LogP contribution < -0.4 is 5.32 Å².